The molecule has 0 radical (unpaired) electrons. The second-order valence-corrected chi connectivity index (χ2v) is 4.47. The summed E-state index contributed by atoms with van der Waals surface area (Å²) in [4.78, 5) is 1.39. The fraction of sp³-hybridized carbons (Fsp3) is 0.364. The molecule has 2 rings (SSSR count). The van der Waals surface area contributed by atoms with Gasteiger partial charge >= 0.3 is 0 Å². The van der Waals surface area contributed by atoms with Crippen molar-refractivity contribution in [2.75, 3.05) is 5.32 Å². The summed E-state index contributed by atoms with van der Waals surface area (Å²) in [6.45, 7) is 6.03. The smallest absolute Gasteiger partial charge is 0.0729 e. The molecule has 80 valence electrons. The molecule has 0 aliphatic heterocycles. The molecule has 0 amide bonds. The van der Waals surface area contributed by atoms with E-state index < -0.39 is 0 Å². The number of nitrogens with zero attached hydrogens (tertiary/aromatic N) is 2. The van der Waals surface area contributed by atoms with Gasteiger partial charge in [0.25, 0.3) is 0 Å². The molecule has 15 heavy (non-hydrogen) atoms. The van der Waals surface area contributed by atoms with Crippen LogP contribution in [0.1, 0.15) is 17.4 Å². The molecule has 0 bridgehead atoms. The van der Waals surface area contributed by atoms with Gasteiger partial charge in [-0.3, -0.25) is 4.68 Å². The summed E-state index contributed by atoms with van der Waals surface area (Å²) in [7, 11) is 0. The first-order valence-corrected chi connectivity index (χ1v) is 5.97. The van der Waals surface area contributed by atoms with E-state index in [1.54, 1.807) is 11.3 Å². The van der Waals surface area contributed by atoms with Crippen LogP contribution in [-0.2, 0) is 13.1 Å². The minimum Gasteiger partial charge on any atom is -0.378 e. The third-order valence-corrected chi connectivity index (χ3v) is 3.40. The molecule has 0 spiro atoms. The van der Waals surface area contributed by atoms with E-state index in [0.29, 0.717) is 0 Å². The van der Waals surface area contributed by atoms with Crippen LogP contribution >= 0.6 is 11.3 Å². The predicted molar refractivity (Wildman–Crippen MR) is 64.3 cm³/mol. The zero-order chi connectivity index (χ0) is 10.7. The number of aromatic nitrogens is 2. The van der Waals surface area contributed by atoms with Crippen LogP contribution in [0, 0.1) is 6.92 Å². The molecule has 0 aliphatic rings. The molecule has 2 aromatic rings. The van der Waals surface area contributed by atoms with Gasteiger partial charge in [0.05, 0.1) is 11.9 Å². The largest absolute Gasteiger partial charge is 0.378 e. The van der Waals surface area contributed by atoms with Crippen LogP contribution in [0.25, 0.3) is 0 Å². The molecule has 0 saturated heterocycles. The van der Waals surface area contributed by atoms with Gasteiger partial charge in [-0.25, -0.2) is 0 Å². The fourth-order valence-corrected chi connectivity index (χ4v) is 2.24. The maximum absolute atomic E-state index is 4.21. The SMILES string of the molecule is CCn1cc(NCc2sccc2C)cn1. The Kier molecular flexibility index (Phi) is 3.06. The Labute approximate surface area is 93.7 Å². The number of hydrogen-bond donors (Lipinski definition) is 1. The van der Waals surface area contributed by atoms with Gasteiger partial charge in [-0.05, 0) is 30.9 Å². The molecule has 2 aromatic heterocycles. The van der Waals surface area contributed by atoms with Gasteiger partial charge < -0.3 is 5.32 Å². The lowest BCUT2D eigenvalue weighted by Crippen LogP contribution is -1.97. The maximum Gasteiger partial charge on any atom is 0.0729 e. The lowest BCUT2D eigenvalue weighted by Gasteiger charge is -2.01. The molecule has 0 fully saturated rings. The van der Waals surface area contributed by atoms with E-state index in [0.717, 1.165) is 18.8 Å². The van der Waals surface area contributed by atoms with Crippen LogP contribution in [0.4, 0.5) is 5.69 Å². The monoisotopic (exact) mass is 221 g/mol. The van der Waals surface area contributed by atoms with Crippen molar-refractivity contribution in [3.8, 4) is 0 Å². The highest BCUT2D eigenvalue weighted by atomic mass is 32.1. The average molecular weight is 221 g/mol. The molecule has 4 heteroatoms. The van der Waals surface area contributed by atoms with Crippen molar-refractivity contribution in [2.24, 2.45) is 0 Å². The molecule has 0 aliphatic carbocycles. The Hall–Kier alpha value is -1.29. The Morgan fingerprint density at radius 1 is 1.53 bits per heavy atom. The quantitative estimate of drug-likeness (QED) is 0.860. The summed E-state index contributed by atoms with van der Waals surface area (Å²) >= 11 is 1.79. The topological polar surface area (TPSA) is 29.9 Å². The van der Waals surface area contributed by atoms with Crippen LogP contribution < -0.4 is 5.32 Å². The molecule has 0 unspecified atom stereocenters. The predicted octanol–water partition coefficient (Wildman–Crippen LogP) is 2.89. The van der Waals surface area contributed by atoms with Crippen LogP contribution in [0.5, 0.6) is 0 Å². The first kappa shape index (κ1) is 10.2. The number of rotatable bonds is 4. The van der Waals surface area contributed by atoms with Gasteiger partial charge in [-0.15, -0.1) is 11.3 Å². The molecular formula is C11H15N3S. The van der Waals surface area contributed by atoms with E-state index >= 15 is 0 Å². The van der Waals surface area contributed by atoms with Gasteiger partial charge in [-0.1, -0.05) is 0 Å². The van der Waals surface area contributed by atoms with E-state index in [-0.39, 0.29) is 0 Å². The molecule has 0 atom stereocenters. The summed E-state index contributed by atoms with van der Waals surface area (Å²) < 4.78 is 1.92. The van der Waals surface area contributed by atoms with Gasteiger partial charge in [0.1, 0.15) is 0 Å². The molecule has 0 aromatic carbocycles. The highest BCUT2D eigenvalue weighted by Gasteiger charge is 2.00. The summed E-state index contributed by atoms with van der Waals surface area (Å²) in [5, 5.41) is 9.71. The van der Waals surface area contributed by atoms with Crippen LogP contribution in [0.15, 0.2) is 23.8 Å². The minimum absolute atomic E-state index is 0.888. The highest BCUT2D eigenvalue weighted by molar-refractivity contribution is 7.10. The number of anilines is 1. The summed E-state index contributed by atoms with van der Waals surface area (Å²) in [6, 6.07) is 2.15. The van der Waals surface area contributed by atoms with Crippen molar-refractivity contribution in [3.63, 3.8) is 0 Å². The Morgan fingerprint density at radius 2 is 2.40 bits per heavy atom. The normalized spacial score (nSPS) is 10.5. The van der Waals surface area contributed by atoms with Crippen molar-refractivity contribution in [1.29, 1.82) is 0 Å². The molecule has 3 nitrogen and oxygen atoms in total. The molecule has 1 N–H and O–H groups in total. The summed E-state index contributed by atoms with van der Waals surface area (Å²) in [6.07, 6.45) is 3.90. The van der Waals surface area contributed by atoms with Crippen LogP contribution in [0.2, 0.25) is 0 Å². The Bertz CT molecular complexity index is 430. The highest BCUT2D eigenvalue weighted by Crippen LogP contribution is 2.17. The zero-order valence-corrected chi connectivity index (χ0v) is 9.84. The van der Waals surface area contributed by atoms with Gasteiger partial charge in [0, 0.05) is 24.2 Å². The fourth-order valence-electron chi connectivity index (χ4n) is 1.40. The van der Waals surface area contributed by atoms with Crippen molar-refractivity contribution in [3.05, 3.63) is 34.3 Å². The zero-order valence-electron chi connectivity index (χ0n) is 9.03. The van der Waals surface area contributed by atoms with E-state index in [1.807, 2.05) is 17.1 Å². The summed E-state index contributed by atoms with van der Waals surface area (Å²) in [5.74, 6) is 0. The van der Waals surface area contributed by atoms with E-state index in [2.05, 4.69) is 35.7 Å². The number of hydrogen-bond acceptors (Lipinski definition) is 3. The van der Waals surface area contributed by atoms with Gasteiger partial charge in [0.2, 0.25) is 0 Å². The second kappa shape index (κ2) is 4.49. The average Bonchev–Trinajstić information content (AvgIpc) is 2.84. The molecule has 2 heterocycles. The number of nitrogens with one attached hydrogen (secondary N) is 1. The Morgan fingerprint density at radius 3 is 3.00 bits per heavy atom. The number of aryl methyl sites for hydroxylation is 2. The maximum atomic E-state index is 4.21. The molecular weight excluding hydrogens is 206 g/mol. The minimum atomic E-state index is 0.888. The standard InChI is InChI=1S/C11H15N3S/c1-3-14-8-10(6-13-14)12-7-11-9(2)4-5-15-11/h4-6,8,12H,3,7H2,1-2H3. The summed E-state index contributed by atoms with van der Waals surface area (Å²) in [5.41, 5.74) is 2.44. The van der Waals surface area contributed by atoms with Crippen LogP contribution in [-0.4, -0.2) is 9.78 Å². The molecule has 0 saturated carbocycles. The van der Waals surface area contributed by atoms with E-state index in [9.17, 15) is 0 Å². The van der Waals surface area contributed by atoms with Gasteiger partial charge in [-0.2, -0.15) is 5.10 Å². The third-order valence-electron chi connectivity index (χ3n) is 2.38. The third kappa shape index (κ3) is 2.39. The second-order valence-electron chi connectivity index (χ2n) is 3.47. The van der Waals surface area contributed by atoms with Crippen molar-refractivity contribution >= 4 is 17.0 Å². The number of thiophene rings is 1. The Balaban J connectivity index is 1.96. The lowest BCUT2D eigenvalue weighted by molar-refractivity contribution is 0.660. The van der Waals surface area contributed by atoms with Crippen molar-refractivity contribution in [2.45, 2.75) is 26.9 Å². The lowest BCUT2D eigenvalue weighted by atomic mass is 10.3. The van der Waals surface area contributed by atoms with Gasteiger partial charge in [0.15, 0.2) is 0 Å². The first-order chi connectivity index (χ1) is 7.29. The van der Waals surface area contributed by atoms with Crippen LogP contribution in [0.3, 0.4) is 0 Å². The first-order valence-electron chi connectivity index (χ1n) is 5.09. The van der Waals surface area contributed by atoms with E-state index in [1.165, 1.54) is 10.4 Å². The van der Waals surface area contributed by atoms with Crippen molar-refractivity contribution < 1.29 is 0 Å². The van der Waals surface area contributed by atoms with E-state index in [4.69, 9.17) is 0 Å². The van der Waals surface area contributed by atoms with Crippen molar-refractivity contribution in [1.82, 2.24) is 9.78 Å².